The maximum absolute atomic E-state index is 12.3. The summed E-state index contributed by atoms with van der Waals surface area (Å²) in [7, 11) is 1.72. The summed E-state index contributed by atoms with van der Waals surface area (Å²) in [5.74, 6) is 0.621. The second kappa shape index (κ2) is 5.87. The van der Waals surface area contributed by atoms with Crippen LogP contribution in [0, 0.1) is 5.92 Å². The van der Waals surface area contributed by atoms with Crippen molar-refractivity contribution in [2.45, 2.75) is 12.8 Å². The number of likely N-dealkylation sites (tertiary alicyclic amines) is 1. The topological polar surface area (TPSA) is 55.6 Å². The molecule has 0 atom stereocenters. The van der Waals surface area contributed by atoms with Crippen LogP contribution in [0.3, 0.4) is 0 Å². The fourth-order valence-corrected chi connectivity index (χ4v) is 2.40. The van der Waals surface area contributed by atoms with Gasteiger partial charge in [0.2, 0.25) is 0 Å². The second-order valence-corrected chi connectivity index (χ2v) is 4.78. The van der Waals surface area contributed by atoms with Crippen LogP contribution < -0.4 is 5.73 Å². The molecule has 0 spiro atoms. The van der Waals surface area contributed by atoms with Crippen molar-refractivity contribution in [3.05, 3.63) is 29.8 Å². The smallest absolute Gasteiger partial charge is 0.255 e. The van der Waals surface area contributed by atoms with Gasteiger partial charge in [0, 0.05) is 32.5 Å². The standard InChI is InChI=1S/C14H20N2O2/c1-18-10-11-6-8-16(9-7-11)14(17)12-4-2-3-5-13(12)15/h2-5,11H,6-10,15H2,1H3. The Hall–Kier alpha value is -1.55. The number of hydrogen-bond acceptors (Lipinski definition) is 3. The van der Waals surface area contributed by atoms with Crippen LogP contribution in [-0.2, 0) is 4.74 Å². The van der Waals surface area contributed by atoms with E-state index in [-0.39, 0.29) is 5.91 Å². The van der Waals surface area contributed by atoms with E-state index >= 15 is 0 Å². The second-order valence-electron chi connectivity index (χ2n) is 4.78. The van der Waals surface area contributed by atoms with E-state index in [1.165, 1.54) is 0 Å². The van der Waals surface area contributed by atoms with E-state index in [0.29, 0.717) is 17.2 Å². The van der Waals surface area contributed by atoms with Crippen LogP contribution in [0.25, 0.3) is 0 Å². The lowest BCUT2D eigenvalue weighted by molar-refractivity contribution is 0.0614. The summed E-state index contributed by atoms with van der Waals surface area (Å²) in [4.78, 5) is 14.2. The molecular weight excluding hydrogens is 228 g/mol. The highest BCUT2D eigenvalue weighted by Gasteiger charge is 2.24. The number of nitrogen functional groups attached to an aromatic ring is 1. The normalized spacial score (nSPS) is 16.8. The van der Waals surface area contributed by atoms with Gasteiger partial charge in [-0.15, -0.1) is 0 Å². The molecule has 2 N–H and O–H groups in total. The molecule has 0 unspecified atom stereocenters. The number of hydrogen-bond donors (Lipinski definition) is 1. The molecule has 1 aliphatic rings. The van der Waals surface area contributed by atoms with E-state index in [4.69, 9.17) is 10.5 Å². The van der Waals surface area contributed by atoms with Crippen molar-refractivity contribution in [3.8, 4) is 0 Å². The Bertz CT molecular complexity index is 412. The van der Waals surface area contributed by atoms with Crippen LogP contribution >= 0.6 is 0 Å². The number of rotatable bonds is 3. The third-order valence-electron chi connectivity index (χ3n) is 3.50. The van der Waals surface area contributed by atoms with Crippen molar-refractivity contribution >= 4 is 11.6 Å². The molecule has 4 nitrogen and oxygen atoms in total. The maximum atomic E-state index is 12.3. The molecule has 0 radical (unpaired) electrons. The van der Waals surface area contributed by atoms with Crippen LogP contribution in [0.5, 0.6) is 0 Å². The highest BCUT2D eigenvalue weighted by Crippen LogP contribution is 2.21. The molecule has 1 aliphatic heterocycles. The van der Waals surface area contributed by atoms with Crippen LogP contribution in [-0.4, -0.2) is 37.6 Å². The van der Waals surface area contributed by atoms with Gasteiger partial charge in [0.25, 0.3) is 5.91 Å². The molecule has 1 saturated heterocycles. The molecule has 1 fully saturated rings. The highest BCUT2D eigenvalue weighted by atomic mass is 16.5. The van der Waals surface area contributed by atoms with Crippen molar-refractivity contribution in [2.75, 3.05) is 32.5 Å². The molecule has 18 heavy (non-hydrogen) atoms. The molecule has 0 saturated carbocycles. The van der Waals surface area contributed by atoms with Gasteiger partial charge in [0.05, 0.1) is 5.56 Å². The first-order chi connectivity index (χ1) is 8.72. The molecule has 0 aromatic heterocycles. The fourth-order valence-electron chi connectivity index (χ4n) is 2.40. The third-order valence-corrected chi connectivity index (χ3v) is 3.50. The summed E-state index contributed by atoms with van der Waals surface area (Å²) in [6.45, 7) is 2.37. The van der Waals surface area contributed by atoms with E-state index in [9.17, 15) is 4.79 Å². The Morgan fingerprint density at radius 2 is 2.06 bits per heavy atom. The van der Waals surface area contributed by atoms with Gasteiger partial charge in [-0.25, -0.2) is 0 Å². The monoisotopic (exact) mass is 248 g/mol. The van der Waals surface area contributed by atoms with Gasteiger partial charge in [0.1, 0.15) is 0 Å². The lowest BCUT2D eigenvalue weighted by Gasteiger charge is -2.32. The van der Waals surface area contributed by atoms with Crippen molar-refractivity contribution in [2.24, 2.45) is 5.92 Å². The molecule has 1 aromatic rings. The predicted octanol–water partition coefficient (Wildman–Crippen LogP) is 1.77. The molecule has 98 valence electrons. The van der Waals surface area contributed by atoms with Gasteiger partial charge < -0.3 is 15.4 Å². The minimum absolute atomic E-state index is 0.0453. The SMILES string of the molecule is COCC1CCN(C(=O)c2ccccc2N)CC1. The zero-order valence-corrected chi connectivity index (χ0v) is 10.8. The largest absolute Gasteiger partial charge is 0.398 e. The number of nitrogens with zero attached hydrogens (tertiary/aromatic N) is 1. The average Bonchev–Trinajstić information content (AvgIpc) is 2.40. The van der Waals surface area contributed by atoms with E-state index in [1.807, 2.05) is 17.0 Å². The molecule has 2 rings (SSSR count). The van der Waals surface area contributed by atoms with Crippen LogP contribution in [0.2, 0.25) is 0 Å². The Morgan fingerprint density at radius 1 is 1.39 bits per heavy atom. The average molecular weight is 248 g/mol. The number of benzene rings is 1. The van der Waals surface area contributed by atoms with Crippen LogP contribution in [0.4, 0.5) is 5.69 Å². The number of para-hydroxylation sites is 1. The molecule has 1 heterocycles. The quantitative estimate of drug-likeness (QED) is 0.829. The zero-order valence-electron chi connectivity index (χ0n) is 10.8. The number of piperidine rings is 1. The molecule has 1 aromatic carbocycles. The van der Waals surface area contributed by atoms with E-state index in [2.05, 4.69) is 0 Å². The van der Waals surface area contributed by atoms with Crippen molar-refractivity contribution in [1.82, 2.24) is 4.90 Å². The van der Waals surface area contributed by atoms with Gasteiger partial charge in [-0.3, -0.25) is 4.79 Å². The van der Waals surface area contributed by atoms with Gasteiger partial charge in [-0.2, -0.15) is 0 Å². The van der Waals surface area contributed by atoms with Gasteiger partial charge >= 0.3 is 0 Å². The van der Waals surface area contributed by atoms with Gasteiger partial charge in [-0.1, -0.05) is 12.1 Å². The van der Waals surface area contributed by atoms with Crippen molar-refractivity contribution < 1.29 is 9.53 Å². The first-order valence-corrected chi connectivity index (χ1v) is 6.35. The number of ether oxygens (including phenoxy) is 1. The number of amides is 1. The zero-order chi connectivity index (χ0) is 13.0. The summed E-state index contributed by atoms with van der Waals surface area (Å²) in [5, 5.41) is 0. The Balaban J connectivity index is 1.98. The van der Waals surface area contributed by atoms with Crippen LogP contribution in [0.1, 0.15) is 23.2 Å². The molecule has 4 heteroatoms. The number of nitrogens with two attached hydrogens (primary N) is 1. The van der Waals surface area contributed by atoms with Crippen molar-refractivity contribution in [1.29, 1.82) is 0 Å². The Labute approximate surface area is 108 Å². The summed E-state index contributed by atoms with van der Waals surface area (Å²) in [6, 6.07) is 7.25. The van der Waals surface area contributed by atoms with E-state index in [0.717, 1.165) is 32.5 Å². The predicted molar refractivity (Wildman–Crippen MR) is 71.4 cm³/mol. The molecular formula is C14H20N2O2. The number of carbonyl (C=O) groups excluding carboxylic acids is 1. The summed E-state index contributed by atoms with van der Waals surface area (Å²) in [6.07, 6.45) is 2.01. The lowest BCUT2D eigenvalue weighted by atomic mass is 9.97. The molecule has 0 aliphatic carbocycles. The van der Waals surface area contributed by atoms with Crippen LogP contribution in [0.15, 0.2) is 24.3 Å². The maximum Gasteiger partial charge on any atom is 0.255 e. The summed E-state index contributed by atoms with van der Waals surface area (Å²) >= 11 is 0. The van der Waals surface area contributed by atoms with Gasteiger partial charge in [-0.05, 0) is 30.9 Å². The molecule has 1 amide bonds. The van der Waals surface area contributed by atoms with E-state index in [1.54, 1.807) is 19.2 Å². The first kappa shape index (κ1) is 12.9. The minimum atomic E-state index is 0.0453. The highest BCUT2D eigenvalue weighted by molar-refractivity contribution is 5.99. The summed E-state index contributed by atoms with van der Waals surface area (Å²) < 4.78 is 5.16. The first-order valence-electron chi connectivity index (χ1n) is 6.35. The van der Waals surface area contributed by atoms with Crippen molar-refractivity contribution in [3.63, 3.8) is 0 Å². The fraction of sp³-hybridized carbons (Fsp3) is 0.500. The number of methoxy groups -OCH3 is 1. The Kier molecular flexibility index (Phi) is 4.20. The van der Waals surface area contributed by atoms with Gasteiger partial charge in [0.15, 0.2) is 0 Å². The Morgan fingerprint density at radius 3 is 2.67 bits per heavy atom. The third kappa shape index (κ3) is 2.82. The summed E-state index contributed by atoms with van der Waals surface area (Å²) in [5.41, 5.74) is 7.01. The van der Waals surface area contributed by atoms with E-state index < -0.39 is 0 Å². The lowest BCUT2D eigenvalue weighted by Crippen LogP contribution is -2.39. The number of carbonyl (C=O) groups is 1. The minimum Gasteiger partial charge on any atom is -0.398 e. The number of anilines is 1. The molecule has 0 bridgehead atoms.